The van der Waals surface area contributed by atoms with Gasteiger partial charge in [0.1, 0.15) is 18.9 Å². The molecule has 7 nitrogen and oxygen atoms in total. The first-order chi connectivity index (χ1) is 7.99. The number of aromatic nitrogens is 5. The van der Waals surface area contributed by atoms with Gasteiger partial charge in [0.15, 0.2) is 5.82 Å². The number of nitrogens with zero attached hydrogens (tertiary/aromatic N) is 6. The van der Waals surface area contributed by atoms with Crippen molar-refractivity contribution >= 4 is 0 Å². The van der Waals surface area contributed by atoms with Crippen molar-refractivity contribution in [1.82, 2.24) is 24.9 Å². The second kappa shape index (κ2) is 3.97. The lowest BCUT2D eigenvalue weighted by Crippen LogP contribution is -2.12. The summed E-state index contributed by atoms with van der Waals surface area (Å²) in [4.78, 5) is 8.05. The molecule has 7 heteroatoms. The summed E-state index contributed by atoms with van der Waals surface area (Å²) in [6.07, 6.45) is 1.46. The molecule has 0 fully saturated rings. The fourth-order valence-electron chi connectivity index (χ4n) is 1.19. The standard InChI is InChI=1S/C10H12N6O/c1-10(2,3)9-13-8(15-17-9)5-16-6-12-7(4-11)14-16/h6H,5H2,1-3H3. The maximum atomic E-state index is 8.59. The Kier molecular flexibility index (Phi) is 2.63. The van der Waals surface area contributed by atoms with E-state index in [-0.39, 0.29) is 11.2 Å². The molecular weight excluding hydrogens is 220 g/mol. The van der Waals surface area contributed by atoms with Crippen molar-refractivity contribution in [3.05, 3.63) is 23.9 Å². The molecule has 88 valence electrons. The highest BCUT2D eigenvalue weighted by molar-refractivity contribution is 5.06. The predicted molar refractivity (Wildman–Crippen MR) is 56.8 cm³/mol. The summed E-state index contributed by atoms with van der Waals surface area (Å²) in [7, 11) is 0. The summed E-state index contributed by atoms with van der Waals surface area (Å²) < 4.78 is 6.64. The van der Waals surface area contributed by atoms with Crippen LogP contribution in [0.5, 0.6) is 0 Å². The third-order valence-corrected chi connectivity index (χ3v) is 2.05. The Hall–Kier alpha value is -2.23. The molecule has 0 aliphatic carbocycles. The largest absolute Gasteiger partial charge is 0.339 e. The van der Waals surface area contributed by atoms with Crippen LogP contribution in [0, 0.1) is 11.3 Å². The Balaban J connectivity index is 2.15. The van der Waals surface area contributed by atoms with Gasteiger partial charge in [0, 0.05) is 5.41 Å². The summed E-state index contributed by atoms with van der Waals surface area (Å²) in [5, 5.41) is 16.4. The van der Waals surface area contributed by atoms with Gasteiger partial charge < -0.3 is 4.52 Å². The van der Waals surface area contributed by atoms with Crippen molar-refractivity contribution in [2.24, 2.45) is 0 Å². The predicted octanol–water partition coefficient (Wildman–Crippen LogP) is 0.879. The van der Waals surface area contributed by atoms with E-state index in [0.29, 0.717) is 18.3 Å². The molecule has 0 aromatic carbocycles. The topological polar surface area (TPSA) is 93.4 Å². The molecular formula is C10H12N6O. The minimum Gasteiger partial charge on any atom is -0.339 e. The highest BCUT2D eigenvalue weighted by Gasteiger charge is 2.21. The van der Waals surface area contributed by atoms with E-state index in [1.807, 2.05) is 26.8 Å². The molecule has 0 amide bonds. The lowest BCUT2D eigenvalue weighted by molar-refractivity contribution is 0.317. The van der Waals surface area contributed by atoms with Crippen LogP contribution >= 0.6 is 0 Å². The SMILES string of the molecule is CC(C)(C)c1nc(Cn2cnc(C#N)n2)no1. The summed E-state index contributed by atoms with van der Waals surface area (Å²) >= 11 is 0. The van der Waals surface area contributed by atoms with Crippen LogP contribution in [0.15, 0.2) is 10.9 Å². The molecule has 0 spiro atoms. The molecule has 0 aliphatic rings. The molecule has 2 aromatic heterocycles. The van der Waals surface area contributed by atoms with Crippen molar-refractivity contribution in [1.29, 1.82) is 5.26 Å². The van der Waals surface area contributed by atoms with E-state index in [9.17, 15) is 0 Å². The fourth-order valence-corrected chi connectivity index (χ4v) is 1.19. The van der Waals surface area contributed by atoms with Crippen LogP contribution in [0.25, 0.3) is 0 Å². The number of rotatable bonds is 2. The lowest BCUT2D eigenvalue weighted by Gasteiger charge is -2.10. The normalized spacial score (nSPS) is 11.4. The van der Waals surface area contributed by atoms with Crippen LogP contribution in [0.1, 0.15) is 38.3 Å². The van der Waals surface area contributed by atoms with Gasteiger partial charge in [-0.25, -0.2) is 9.67 Å². The van der Waals surface area contributed by atoms with Crippen molar-refractivity contribution in [2.75, 3.05) is 0 Å². The molecule has 0 N–H and O–H groups in total. The summed E-state index contributed by atoms with van der Waals surface area (Å²) in [5.41, 5.74) is -0.175. The highest BCUT2D eigenvalue weighted by atomic mass is 16.5. The Labute approximate surface area is 98.1 Å². The molecule has 2 heterocycles. The first-order valence-electron chi connectivity index (χ1n) is 5.11. The minimum absolute atomic E-state index is 0.129. The van der Waals surface area contributed by atoms with E-state index in [1.165, 1.54) is 11.0 Å². The van der Waals surface area contributed by atoms with Crippen molar-refractivity contribution in [3.63, 3.8) is 0 Å². The lowest BCUT2D eigenvalue weighted by atomic mass is 9.97. The zero-order valence-electron chi connectivity index (χ0n) is 9.88. The van der Waals surface area contributed by atoms with Crippen LogP contribution in [0.3, 0.4) is 0 Å². The van der Waals surface area contributed by atoms with Gasteiger partial charge in [-0.2, -0.15) is 10.2 Å². The Morgan fingerprint density at radius 1 is 1.47 bits per heavy atom. The molecule has 0 aliphatic heterocycles. The monoisotopic (exact) mass is 232 g/mol. The van der Waals surface area contributed by atoms with Gasteiger partial charge in [0.2, 0.25) is 5.89 Å². The zero-order chi connectivity index (χ0) is 12.5. The first-order valence-corrected chi connectivity index (χ1v) is 5.11. The summed E-state index contributed by atoms with van der Waals surface area (Å²) in [6.45, 7) is 6.32. The van der Waals surface area contributed by atoms with Crippen molar-refractivity contribution in [3.8, 4) is 6.07 Å². The van der Waals surface area contributed by atoms with Crippen LogP contribution in [0.4, 0.5) is 0 Å². The van der Waals surface area contributed by atoms with Gasteiger partial charge in [-0.3, -0.25) is 0 Å². The summed E-state index contributed by atoms with van der Waals surface area (Å²) in [6, 6.07) is 1.86. The third-order valence-electron chi connectivity index (χ3n) is 2.05. The molecule has 0 atom stereocenters. The maximum absolute atomic E-state index is 8.59. The molecule has 0 saturated heterocycles. The molecule has 0 radical (unpaired) electrons. The Morgan fingerprint density at radius 3 is 2.76 bits per heavy atom. The molecule has 0 unspecified atom stereocenters. The molecule has 2 aromatic rings. The second-order valence-corrected chi connectivity index (χ2v) is 4.64. The Morgan fingerprint density at radius 2 is 2.24 bits per heavy atom. The number of hydrogen-bond donors (Lipinski definition) is 0. The summed E-state index contributed by atoms with van der Waals surface area (Å²) in [5.74, 6) is 1.22. The van der Waals surface area contributed by atoms with Crippen LogP contribution in [-0.4, -0.2) is 24.9 Å². The van der Waals surface area contributed by atoms with E-state index < -0.39 is 0 Å². The van der Waals surface area contributed by atoms with Crippen LogP contribution in [-0.2, 0) is 12.0 Å². The van der Waals surface area contributed by atoms with Crippen LogP contribution in [0.2, 0.25) is 0 Å². The maximum Gasteiger partial charge on any atom is 0.252 e. The first kappa shape index (κ1) is 11.3. The molecule has 0 saturated carbocycles. The quantitative estimate of drug-likeness (QED) is 0.762. The Bertz CT molecular complexity index is 556. The van der Waals surface area contributed by atoms with Gasteiger partial charge >= 0.3 is 0 Å². The number of hydrogen-bond acceptors (Lipinski definition) is 6. The van der Waals surface area contributed by atoms with Crippen molar-refractivity contribution < 1.29 is 4.52 Å². The molecule has 2 rings (SSSR count). The van der Waals surface area contributed by atoms with Crippen molar-refractivity contribution in [2.45, 2.75) is 32.7 Å². The smallest absolute Gasteiger partial charge is 0.252 e. The van der Waals surface area contributed by atoms with Gasteiger partial charge in [-0.15, -0.1) is 5.10 Å². The van der Waals surface area contributed by atoms with E-state index in [4.69, 9.17) is 9.78 Å². The average molecular weight is 232 g/mol. The van der Waals surface area contributed by atoms with Gasteiger partial charge in [0.25, 0.3) is 5.82 Å². The molecule has 0 bridgehead atoms. The van der Waals surface area contributed by atoms with Gasteiger partial charge in [0.05, 0.1) is 0 Å². The van der Waals surface area contributed by atoms with Gasteiger partial charge in [-0.05, 0) is 0 Å². The van der Waals surface area contributed by atoms with E-state index in [2.05, 4.69) is 20.2 Å². The second-order valence-electron chi connectivity index (χ2n) is 4.64. The van der Waals surface area contributed by atoms with E-state index in [1.54, 1.807) is 0 Å². The van der Waals surface area contributed by atoms with E-state index >= 15 is 0 Å². The van der Waals surface area contributed by atoms with Gasteiger partial charge in [-0.1, -0.05) is 25.9 Å². The fraction of sp³-hybridized carbons (Fsp3) is 0.500. The number of nitriles is 1. The zero-order valence-corrected chi connectivity index (χ0v) is 9.88. The third kappa shape index (κ3) is 2.47. The average Bonchev–Trinajstić information content (AvgIpc) is 2.86. The minimum atomic E-state index is -0.175. The van der Waals surface area contributed by atoms with Crippen LogP contribution < -0.4 is 0 Å². The highest BCUT2D eigenvalue weighted by Crippen LogP contribution is 2.19. The van der Waals surface area contributed by atoms with E-state index in [0.717, 1.165) is 0 Å². The molecule has 17 heavy (non-hydrogen) atoms.